The van der Waals surface area contributed by atoms with Crippen LogP contribution in [-0.4, -0.2) is 21.5 Å². The van der Waals surface area contributed by atoms with Crippen molar-refractivity contribution >= 4 is 27.5 Å². The van der Waals surface area contributed by atoms with E-state index < -0.39 is 0 Å². The van der Waals surface area contributed by atoms with E-state index in [-0.39, 0.29) is 5.56 Å². The van der Waals surface area contributed by atoms with E-state index in [1.54, 1.807) is 13.3 Å². The van der Waals surface area contributed by atoms with Crippen molar-refractivity contribution in [2.45, 2.75) is 6.54 Å². The number of nitrogens with zero attached hydrogens (tertiary/aromatic N) is 3. The summed E-state index contributed by atoms with van der Waals surface area (Å²) in [6, 6.07) is 13.3. The second-order valence-corrected chi connectivity index (χ2v) is 6.06. The van der Waals surface area contributed by atoms with Crippen LogP contribution in [0.15, 0.2) is 53.5 Å². The highest BCUT2D eigenvalue weighted by Gasteiger charge is 2.14. The summed E-state index contributed by atoms with van der Waals surface area (Å²) in [6.07, 6.45) is 1.75. The molecular formula is C19H18N4O2. The lowest BCUT2D eigenvalue weighted by Crippen LogP contribution is -2.24. The van der Waals surface area contributed by atoms with Gasteiger partial charge in [0.05, 0.1) is 25.4 Å². The van der Waals surface area contributed by atoms with Crippen LogP contribution in [0.4, 0.5) is 5.69 Å². The van der Waals surface area contributed by atoms with Crippen LogP contribution in [0.3, 0.4) is 0 Å². The summed E-state index contributed by atoms with van der Waals surface area (Å²) in [5.74, 6) is 0.756. The molecule has 0 fully saturated rings. The van der Waals surface area contributed by atoms with Crippen LogP contribution >= 0.6 is 0 Å². The minimum atomic E-state index is -0.127. The highest BCUT2D eigenvalue weighted by Crippen LogP contribution is 2.28. The average Bonchev–Trinajstić information content (AvgIpc) is 2.90. The number of fused-ring (bicyclic) bond motifs is 3. The van der Waals surface area contributed by atoms with Gasteiger partial charge in [-0.3, -0.25) is 4.79 Å². The first-order valence-corrected chi connectivity index (χ1v) is 7.95. The molecule has 4 aromatic rings. The van der Waals surface area contributed by atoms with Crippen LogP contribution in [0.1, 0.15) is 5.56 Å². The summed E-state index contributed by atoms with van der Waals surface area (Å²) in [6.45, 7) is 0.380. The summed E-state index contributed by atoms with van der Waals surface area (Å²) >= 11 is 0. The Morgan fingerprint density at radius 2 is 2.00 bits per heavy atom. The summed E-state index contributed by atoms with van der Waals surface area (Å²) < 4.78 is 8.65. The van der Waals surface area contributed by atoms with Gasteiger partial charge in [-0.2, -0.15) is 5.10 Å². The SMILES string of the molecule is COc1ccc2c3cnn(Cc4cccc(N)c4)c(=O)c3n(C)c2c1. The molecule has 2 heterocycles. The number of nitrogens with two attached hydrogens (primary N) is 1. The molecule has 0 saturated heterocycles. The van der Waals surface area contributed by atoms with Crippen LogP contribution in [0.5, 0.6) is 5.75 Å². The molecule has 0 aliphatic rings. The fourth-order valence-corrected chi connectivity index (χ4v) is 3.24. The Morgan fingerprint density at radius 3 is 2.76 bits per heavy atom. The molecule has 2 N–H and O–H groups in total. The van der Waals surface area contributed by atoms with Crippen molar-refractivity contribution in [2.75, 3.05) is 12.8 Å². The van der Waals surface area contributed by atoms with Gasteiger partial charge in [0.2, 0.25) is 0 Å². The van der Waals surface area contributed by atoms with Gasteiger partial charge in [0.25, 0.3) is 5.56 Å². The number of hydrogen-bond acceptors (Lipinski definition) is 4. The number of rotatable bonds is 3. The molecule has 0 spiro atoms. The maximum absolute atomic E-state index is 13.0. The number of methoxy groups -OCH3 is 1. The Labute approximate surface area is 144 Å². The van der Waals surface area contributed by atoms with Gasteiger partial charge >= 0.3 is 0 Å². The summed E-state index contributed by atoms with van der Waals surface area (Å²) in [5.41, 5.74) is 8.87. The molecule has 0 aliphatic carbocycles. The Kier molecular flexibility index (Phi) is 3.46. The van der Waals surface area contributed by atoms with Crippen LogP contribution in [0, 0.1) is 0 Å². The standard InChI is InChI=1S/C19H18N4O2/c1-22-17-9-14(25-2)6-7-15(17)16-10-21-23(19(24)18(16)22)11-12-4-3-5-13(20)8-12/h3-10H,11,20H2,1-2H3. The Morgan fingerprint density at radius 1 is 1.16 bits per heavy atom. The zero-order valence-electron chi connectivity index (χ0n) is 14.1. The highest BCUT2D eigenvalue weighted by molar-refractivity contribution is 6.07. The van der Waals surface area contributed by atoms with Gasteiger partial charge < -0.3 is 15.0 Å². The highest BCUT2D eigenvalue weighted by atomic mass is 16.5. The van der Waals surface area contributed by atoms with Crippen molar-refractivity contribution in [3.63, 3.8) is 0 Å². The third-order valence-corrected chi connectivity index (χ3v) is 4.49. The maximum Gasteiger partial charge on any atom is 0.291 e. The zero-order chi connectivity index (χ0) is 17.6. The van der Waals surface area contributed by atoms with E-state index >= 15 is 0 Å². The van der Waals surface area contributed by atoms with Crippen molar-refractivity contribution in [3.8, 4) is 5.75 Å². The number of nitrogen functional groups attached to an aromatic ring is 1. The van der Waals surface area contributed by atoms with Gasteiger partial charge in [0.1, 0.15) is 11.3 Å². The number of anilines is 1. The molecule has 0 radical (unpaired) electrons. The molecule has 0 unspecified atom stereocenters. The minimum absolute atomic E-state index is 0.127. The van der Waals surface area contributed by atoms with Crippen LogP contribution < -0.4 is 16.0 Å². The van der Waals surface area contributed by atoms with Crippen molar-refractivity contribution in [3.05, 3.63) is 64.6 Å². The van der Waals surface area contributed by atoms with Crippen molar-refractivity contribution in [1.29, 1.82) is 0 Å². The van der Waals surface area contributed by atoms with E-state index in [1.807, 2.05) is 54.1 Å². The van der Waals surface area contributed by atoms with E-state index in [4.69, 9.17) is 10.5 Å². The number of hydrogen-bond donors (Lipinski definition) is 1. The predicted molar refractivity (Wildman–Crippen MR) is 99.0 cm³/mol. The Bertz CT molecular complexity index is 1160. The van der Waals surface area contributed by atoms with E-state index in [9.17, 15) is 4.79 Å². The van der Waals surface area contributed by atoms with Gasteiger partial charge in [-0.15, -0.1) is 0 Å². The van der Waals surface area contributed by atoms with Crippen molar-refractivity contribution in [1.82, 2.24) is 14.3 Å². The monoisotopic (exact) mass is 334 g/mol. The molecule has 6 heteroatoms. The second kappa shape index (κ2) is 5.66. The minimum Gasteiger partial charge on any atom is -0.497 e. The third kappa shape index (κ3) is 2.42. The molecule has 4 rings (SSSR count). The normalized spacial score (nSPS) is 11.3. The maximum atomic E-state index is 13.0. The smallest absolute Gasteiger partial charge is 0.291 e. The first-order chi connectivity index (χ1) is 12.1. The fraction of sp³-hybridized carbons (Fsp3) is 0.158. The molecule has 2 aromatic heterocycles. The topological polar surface area (TPSA) is 75.1 Å². The van der Waals surface area contributed by atoms with Gasteiger partial charge in [-0.05, 0) is 29.8 Å². The summed E-state index contributed by atoms with van der Waals surface area (Å²) in [7, 11) is 3.51. The van der Waals surface area contributed by atoms with E-state index in [0.717, 1.165) is 27.6 Å². The summed E-state index contributed by atoms with van der Waals surface area (Å²) in [5, 5.41) is 6.18. The number of ether oxygens (including phenoxy) is 1. The fourth-order valence-electron chi connectivity index (χ4n) is 3.24. The molecule has 25 heavy (non-hydrogen) atoms. The Hall–Kier alpha value is -3.28. The molecular weight excluding hydrogens is 316 g/mol. The molecule has 2 aromatic carbocycles. The van der Waals surface area contributed by atoms with Gasteiger partial charge in [0, 0.05) is 29.6 Å². The summed E-state index contributed by atoms with van der Waals surface area (Å²) in [4.78, 5) is 13.0. The van der Waals surface area contributed by atoms with E-state index in [0.29, 0.717) is 17.7 Å². The average molecular weight is 334 g/mol. The predicted octanol–water partition coefficient (Wildman–Crippen LogP) is 2.53. The van der Waals surface area contributed by atoms with Gasteiger partial charge in [-0.25, -0.2) is 4.68 Å². The van der Waals surface area contributed by atoms with Crippen LogP contribution in [0.2, 0.25) is 0 Å². The molecule has 0 amide bonds. The second-order valence-electron chi connectivity index (χ2n) is 6.06. The van der Waals surface area contributed by atoms with Gasteiger partial charge in [0.15, 0.2) is 0 Å². The molecule has 0 aliphatic heterocycles. The van der Waals surface area contributed by atoms with E-state index in [1.165, 1.54) is 4.68 Å². The van der Waals surface area contributed by atoms with Crippen LogP contribution in [-0.2, 0) is 13.6 Å². The van der Waals surface area contributed by atoms with Crippen LogP contribution in [0.25, 0.3) is 21.8 Å². The molecule has 0 saturated carbocycles. The molecule has 0 atom stereocenters. The largest absolute Gasteiger partial charge is 0.497 e. The number of benzene rings is 2. The molecule has 126 valence electrons. The zero-order valence-corrected chi connectivity index (χ0v) is 14.1. The van der Waals surface area contributed by atoms with Crippen molar-refractivity contribution in [2.24, 2.45) is 7.05 Å². The van der Waals surface area contributed by atoms with E-state index in [2.05, 4.69) is 5.10 Å². The quantitative estimate of drug-likeness (QED) is 0.584. The number of aryl methyl sites for hydroxylation is 1. The first-order valence-electron chi connectivity index (χ1n) is 7.95. The number of aromatic nitrogens is 3. The lowest BCUT2D eigenvalue weighted by Gasteiger charge is -2.06. The lowest BCUT2D eigenvalue weighted by molar-refractivity contribution is 0.415. The lowest BCUT2D eigenvalue weighted by atomic mass is 10.2. The Balaban J connectivity index is 1.91. The first kappa shape index (κ1) is 15.3. The third-order valence-electron chi connectivity index (χ3n) is 4.49. The molecule has 0 bridgehead atoms. The van der Waals surface area contributed by atoms with Gasteiger partial charge in [-0.1, -0.05) is 12.1 Å². The van der Waals surface area contributed by atoms with Crippen molar-refractivity contribution < 1.29 is 4.74 Å². The molecule has 6 nitrogen and oxygen atoms in total.